The summed E-state index contributed by atoms with van der Waals surface area (Å²) in [5, 5.41) is 10.3. The second-order valence-electron chi connectivity index (χ2n) is 3.66. The Bertz CT molecular complexity index is 416. The number of aromatic nitrogens is 2. The number of hydrogen-bond acceptors (Lipinski definition) is 4. The van der Waals surface area contributed by atoms with Gasteiger partial charge in [-0.15, -0.1) is 11.8 Å². The SMILES string of the molecule is Cc1nc(C)c(C(=O)O)c(SC2CC2)n1. The molecule has 80 valence electrons. The maximum atomic E-state index is 11.1. The number of hydrogen-bond donors (Lipinski definition) is 1. The monoisotopic (exact) mass is 224 g/mol. The van der Waals surface area contributed by atoms with Crippen LogP contribution in [0, 0.1) is 13.8 Å². The lowest BCUT2D eigenvalue weighted by Gasteiger charge is -2.07. The standard InChI is InChI=1S/C10H12N2O2S/c1-5-8(10(13)14)9(12-6(2)11-5)15-7-3-4-7/h7H,3-4H2,1-2H3,(H,13,14). The molecule has 4 nitrogen and oxygen atoms in total. The zero-order valence-corrected chi connectivity index (χ0v) is 9.47. The molecule has 0 radical (unpaired) electrons. The first kappa shape index (κ1) is 10.4. The number of aryl methyl sites for hydroxylation is 2. The molecule has 0 spiro atoms. The molecule has 1 N–H and O–H groups in total. The van der Waals surface area contributed by atoms with E-state index in [0.717, 1.165) is 12.8 Å². The largest absolute Gasteiger partial charge is 0.478 e. The number of thioether (sulfide) groups is 1. The smallest absolute Gasteiger partial charge is 0.340 e. The molecule has 1 aliphatic rings. The fraction of sp³-hybridized carbons (Fsp3) is 0.500. The van der Waals surface area contributed by atoms with Gasteiger partial charge in [0.05, 0.1) is 5.69 Å². The van der Waals surface area contributed by atoms with Gasteiger partial charge in [-0.05, 0) is 26.7 Å². The van der Waals surface area contributed by atoms with Crippen LogP contribution in [0.3, 0.4) is 0 Å². The van der Waals surface area contributed by atoms with E-state index in [2.05, 4.69) is 9.97 Å². The molecule has 1 fully saturated rings. The Hall–Kier alpha value is -1.10. The van der Waals surface area contributed by atoms with Crippen molar-refractivity contribution in [3.05, 3.63) is 17.1 Å². The second kappa shape index (κ2) is 3.81. The Morgan fingerprint density at radius 2 is 2.07 bits per heavy atom. The molecule has 2 rings (SSSR count). The Kier molecular flexibility index (Phi) is 2.65. The Morgan fingerprint density at radius 1 is 1.40 bits per heavy atom. The zero-order chi connectivity index (χ0) is 11.0. The van der Waals surface area contributed by atoms with Gasteiger partial charge in [-0.2, -0.15) is 0 Å². The first-order valence-corrected chi connectivity index (χ1v) is 5.71. The van der Waals surface area contributed by atoms with E-state index in [1.807, 2.05) is 0 Å². The molecule has 0 amide bonds. The van der Waals surface area contributed by atoms with Gasteiger partial charge in [0.15, 0.2) is 0 Å². The molecule has 5 heteroatoms. The summed E-state index contributed by atoms with van der Waals surface area (Å²) in [4.78, 5) is 19.3. The third kappa shape index (κ3) is 2.28. The van der Waals surface area contributed by atoms with E-state index >= 15 is 0 Å². The first-order chi connectivity index (χ1) is 7.08. The second-order valence-corrected chi connectivity index (χ2v) is 4.95. The van der Waals surface area contributed by atoms with Crippen molar-refractivity contribution in [2.45, 2.75) is 37.0 Å². The molecule has 1 aromatic rings. The molecule has 0 saturated heterocycles. The van der Waals surface area contributed by atoms with Gasteiger partial charge in [-0.3, -0.25) is 0 Å². The fourth-order valence-corrected chi connectivity index (χ4v) is 2.58. The van der Waals surface area contributed by atoms with Crippen LogP contribution in [0.2, 0.25) is 0 Å². The molecule has 1 saturated carbocycles. The number of nitrogens with zero attached hydrogens (tertiary/aromatic N) is 2. The average Bonchev–Trinajstić information content (AvgIpc) is 2.85. The summed E-state index contributed by atoms with van der Waals surface area (Å²) in [6, 6.07) is 0. The van der Waals surface area contributed by atoms with Crippen molar-refractivity contribution >= 4 is 17.7 Å². The maximum absolute atomic E-state index is 11.1. The van der Waals surface area contributed by atoms with Crippen LogP contribution >= 0.6 is 11.8 Å². The van der Waals surface area contributed by atoms with E-state index in [-0.39, 0.29) is 5.56 Å². The number of carbonyl (C=O) groups is 1. The van der Waals surface area contributed by atoms with Gasteiger partial charge in [0.2, 0.25) is 0 Å². The van der Waals surface area contributed by atoms with Crippen LogP contribution < -0.4 is 0 Å². The van der Waals surface area contributed by atoms with Gasteiger partial charge in [0, 0.05) is 5.25 Å². The maximum Gasteiger partial charge on any atom is 0.340 e. The quantitative estimate of drug-likeness (QED) is 0.796. The summed E-state index contributed by atoms with van der Waals surface area (Å²) in [5.41, 5.74) is 0.815. The summed E-state index contributed by atoms with van der Waals surface area (Å²) in [6.45, 7) is 3.50. The van der Waals surface area contributed by atoms with E-state index in [0.29, 0.717) is 21.8 Å². The number of rotatable bonds is 3. The molecular weight excluding hydrogens is 212 g/mol. The van der Waals surface area contributed by atoms with Gasteiger partial charge in [0.25, 0.3) is 0 Å². The van der Waals surface area contributed by atoms with Gasteiger partial charge in [-0.25, -0.2) is 14.8 Å². The van der Waals surface area contributed by atoms with Crippen molar-refractivity contribution in [2.75, 3.05) is 0 Å². The lowest BCUT2D eigenvalue weighted by molar-refractivity contribution is 0.0690. The van der Waals surface area contributed by atoms with Crippen molar-refractivity contribution in [2.24, 2.45) is 0 Å². The van der Waals surface area contributed by atoms with Gasteiger partial charge in [-0.1, -0.05) is 0 Å². The number of carboxylic acid groups (broad SMARTS) is 1. The van der Waals surface area contributed by atoms with E-state index < -0.39 is 5.97 Å². The lowest BCUT2D eigenvalue weighted by atomic mass is 10.2. The van der Waals surface area contributed by atoms with Crippen LogP contribution in [0.4, 0.5) is 0 Å². The van der Waals surface area contributed by atoms with Crippen LogP contribution in [0.5, 0.6) is 0 Å². The molecule has 1 heterocycles. The highest BCUT2D eigenvalue weighted by Gasteiger charge is 2.27. The van der Waals surface area contributed by atoms with Crippen molar-refractivity contribution in [3.63, 3.8) is 0 Å². The fourth-order valence-electron chi connectivity index (χ4n) is 1.36. The summed E-state index contributed by atoms with van der Waals surface area (Å²) >= 11 is 1.56. The minimum absolute atomic E-state index is 0.262. The molecule has 1 aliphatic carbocycles. The molecule has 15 heavy (non-hydrogen) atoms. The Morgan fingerprint density at radius 3 is 2.60 bits per heavy atom. The van der Waals surface area contributed by atoms with Crippen LogP contribution in [-0.2, 0) is 0 Å². The van der Waals surface area contributed by atoms with Crippen molar-refractivity contribution in [1.29, 1.82) is 0 Å². The van der Waals surface area contributed by atoms with Gasteiger partial charge in [0.1, 0.15) is 16.4 Å². The molecule has 1 aromatic heterocycles. The van der Waals surface area contributed by atoms with E-state index in [9.17, 15) is 4.79 Å². The molecule has 0 aromatic carbocycles. The molecule has 0 atom stereocenters. The predicted octanol–water partition coefficient (Wildman–Crippen LogP) is 2.05. The third-order valence-corrected chi connectivity index (χ3v) is 3.51. The predicted molar refractivity (Wildman–Crippen MR) is 57.3 cm³/mol. The lowest BCUT2D eigenvalue weighted by Crippen LogP contribution is -2.08. The highest BCUT2D eigenvalue weighted by molar-refractivity contribution is 8.00. The van der Waals surface area contributed by atoms with Crippen LogP contribution in [0.15, 0.2) is 5.03 Å². The summed E-state index contributed by atoms with van der Waals surface area (Å²) in [7, 11) is 0. The van der Waals surface area contributed by atoms with Crippen LogP contribution in [-0.4, -0.2) is 26.3 Å². The minimum Gasteiger partial charge on any atom is -0.478 e. The van der Waals surface area contributed by atoms with Gasteiger partial charge >= 0.3 is 5.97 Å². The van der Waals surface area contributed by atoms with E-state index in [1.54, 1.807) is 25.6 Å². The molecule has 0 aliphatic heterocycles. The summed E-state index contributed by atoms with van der Waals surface area (Å²) < 4.78 is 0. The number of carboxylic acids is 1. The topological polar surface area (TPSA) is 63.1 Å². The summed E-state index contributed by atoms with van der Waals surface area (Å²) in [6.07, 6.45) is 2.32. The van der Waals surface area contributed by atoms with E-state index in [1.165, 1.54) is 0 Å². The minimum atomic E-state index is -0.935. The van der Waals surface area contributed by atoms with Crippen LogP contribution in [0.25, 0.3) is 0 Å². The molecule has 0 bridgehead atoms. The Balaban J connectivity index is 2.42. The van der Waals surface area contributed by atoms with Crippen molar-refractivity contribution in [3.8, 4) is 0 Å². The van der Waals surface area contributed by atoms with Gasteiger partial charge < -0.3 is 5.11 Å². The number of aromatic carboxylic acids is 1. The average molecular weight is 224 g/mol. The van der Waals surface area contributed by atoms with Crippen molar-refractivity contribution in [1.82, 2.24) is 9.97 Å². The zero-order valence-electron chi connectivity index (χ0n) is 8.65. The van der Waals surface area contributed by atoms with Crippen molar-refractivity contribution < 1.29 is 9.90 Å². The molecule has 0 unspecified atom stereocenters. The first-order valence-electron chi connectivity index (χ1n) is 4.83. The normalized spacial score (nSPS) is 15.3. The Labute approximate surface area is 92.1 Å². The van der Waals surface area contributed by atoms with Crippen LogP contribution in [0.1, 0.15) is 34.7 Å². The highest BCUT2D eigenvalue weighted by Crippen LogP contribution is 2.39. The highest BCUT2D eigenvalue weighted by atomic mass is 32.2. The summed E-state index contributed by atoms with van der Waals surface area (Å²) in [5.74, 6) is -0.295. The molecular formula is C10H12N2O2S. The third-order valence-electron chi connectivity index (χ3n) is 2.19. The van der Waals surface area contributed by atoms with E-state index in [4.69, 9.17) is 5.11 Å².